The Bertz CT molecular complexity index is 829. The predicted octanol–water partition coefficient (Wildman–Crippen LogP) is 5.22. The van der Waals surface area contributed by atoms with Crippen LogP contribution in [0.4, 0.5) is 0 Å². The molecule has 22 heavy (non-hydrogen) atoms. The van der Waals surface area contributed by atoms with Gasteiger partial charge in [-0.15, -0.1) is 0 Å². The summed E-state index contributed by atoms with van der Waals surface area (Å²) >= 11 is 1.29. The van der Waals surface area contributed by atoms with Crippen molar-refractivity contribution < 1.29 is 9.21 Å². The fraction of sp³-hybridized carbons (Fsp3) is 0.211. The molecule has 0 bridgehead atoms. The lowest BCUT2D eigenvalue weighted by Gasteiger charge is -2.02. The zero-order valence-corrected chi connectivity index (χ0v) is 13.8. The number of hydrogen-bond acceptors (Lipinski definition) is 3. The summed E-state index contributed by atoms with van der Waals surface area (Å²) in [7, 11) is 0. The maximum absolute atomic E-state index is 12.3. The molecule has 2 nitrogen and oxygen atoms in total. The molecule has 0 atom stereocenters. The summed E-state index contributed by atoms with van der Waals surface area (Å²) in [6, 6.07) is 12.1. The molecule has 0 spiro atoms. The first-order valence-corrected chi connectivity index (χ1v) is 8.10. The first-order valence-electron chi connectivity index (χ1n) is 7.28. The Kier molecular flexibility index (Phi) is 4.08. The molecule has 3 rings (SSSR count). The maximum atomic E-state index is 12.3. The van der Waals surface area contributed by atoms with Gasteiger partial charge in [0.2, 0.25) is 0 Å². The summed E-state index contributed by atoms with van der Waals surface area (Å²) in [6.45, 7) is 6.15. The second kappa shape index (κ2) is 6.01. The van der Waals surface area contributed by atoms with Crippen molar-refractivity contribution in [1.82, 2.24) is 0 Å². The van der Waals surface area contributed by atoms with E-state index in [-0.39, 0.29) is 5.12 Å². The Morgan fingerprint density at radius 3 is 2.50 bits per heavy atom. The van der Waals surface area contributed by atoms with Crippen molar-refractivity contribution in [2.24, 2.45) is 0 Å². The summed E-state index contributed by atoms with van der Waals surface area (Å²) in [4.78, 5) is 13.3. The number of aryl methyl sites for hydroxylation is 3. The van der Waals surface area contributed by atoms with Crippen LogP contribution >= 0.6 is 11.8 Å². The topological polar surface area (TPSA) is 30.2 Å². The molecule has 0 aliphatic carbocycles. The van der Waals surface area contributed by atoms with Gasteiger partial charge in [0.05, 0.1) is 6.26 Å². The van der Waals surface area contributed by atoms with E-state index < -0.39 is 0 Å². The lowest BCUT2D eigenvalue weighted by molar-refractivity contribution is -0.110. The third-order valence-corrected chi connectivity index (χ3v) is 4.81. The molecule has 0 fully saturated rings. The number of carbonyl (C=O) groups is 1. The van der Waals surface area contributed by atoms with Crippen molar-refractivity contribution in [3.8, 4) is 0 Å². The van der Waals surface area contributed by atoms with Gasteiger partial charge < -0.3 is 4.42 Å². The normalized spacial score (nSPS) is 11.0. The highest BCUT2D eigenvalue weighted by molar-refractivity contribution is 8.13. The van der Waals surface area contributed by atoms with Crippen molar-refractivity contribution in [3.63, 3.8) is 0 Å². The minimum atomic E-state index is 0.129. The quantitative estimate of drug-likeness (QED) is 0.621. The second-order valence-electron chi connectivity index (χ2n) is 5.61. The van der Waals surface area contributed by atoms with Gasteiger partial charge in [-0.25, -0.2) is 0 Å². The van der Waals surface area contributed by atoms with Gasteiger partial charge in [0, 0.05) is 22.3 Å². The molecule has 0 aliphatic heterocycles. The number of fused-ring (bicyclic) bond motifs is 1. The Hall–Kier alpha value is -2.00. The lowest BCUT2D eigenvalue weighted by atomic mass is 10.0. The van der Waals surface area contributed by atoms with Crippen LogP contribution in [0.5, 0.6) is 0 Å². The molecule has 1 heterocycles. The standard InChI is InChI=1S/C19H18O2S/c1-12-4-7-16(8-5-12)22-18(20)10-15-11-21-19-14(3)13(2)6-9-17(15)19/h4-9,11H,10H2,1-3H3. The predicted molar refractivity (Wildman–Crippen MR) is 91.4 cm³/mol. The van der Waals surface area contributed by atoms with E-state index >= 15 is 0 Å². The Balaban J connectivity index is 1.79. The molecular formula is C19H18O2S. The average molecular weight is 310 g/mol. The van der Waals surface area contributed by atoms with Gasteiger partial charge in [0.25, 0.3) is 0 Å². The minimum absolute atomic E-state index is 0.129. The van der Waals surface area contributed by atoms with Crippen molar-refractivity contribution in [2.45, 2.75) is 32.1 Å². The molecular weight excluding hydrogens is 292 g/mol. The number of thioether (sulfide) groups is 1. The van der Waals surface area contributed by atoms with Crippen molar-refractivity contribution in [1.29, 1.82) is 0 Å². The molecule has 3 heteroatoms. The third-order valence-electron chi connectivity index (χ3n) is 3.93. The monoisotopic (exact) mass is 310 g/mol. The Labute approximate surface area is 134 Å². The maximum Gasteiger partial charge on any atom is 0.198 e. The van der Waals surface area contributed by atoms with Crippen LogP contribution in [0.15, 0.2) is 52.0 Å². The summed E-state index contributed by atoms with van der Waals surface area (Å²) in [5.41, 5.74) is 5.39. The highest BCUT2D eigenvalue weighted by atomic mass is 32.2. The molecule has 112 valence electrons. The van der Waals surface area contributed by atoms with Crippen LogP contribution in [0.1, 0.15) is 22.3 Å². The van der Waals surface area contributed by atoms with E-state index in [4.69, 9.17) is 4.42 Å². The zero-order chi connectivity index (χ0) is 15.7. The molecule has 2 aromatic carbocycles. The summed E-state index contributed by atoms with van der Waals surface area (Å²) in [6.07, 6.45) is 2.10. The van der Waals surface area contributed by atoms with Gasteiger partial charge >= 0.3 is 0 Å². The van der Waals surface area contributed by atoms with Crippen LogP contribution in [0, 0.1) is 20.8 Å². The van der Waals surface area contributed by atoms with Crippen LogP contribution in [0.3, 0.4) is 0 Å². The fourth-order valence-corrected chi connectivity index (χ4v) is 3.22. The van der Waals surface area contributed by atoms with Gasteiger partial charge in [0.15, 0.2) is 5.12 Å². The SMILES string of the molecule is Cc1ccc(SC(=O)Cc2coc3c(C)c(C)ccc23)cc1. The molecule has 0 aliphatic rings. The molecule has 0 radical (unpaired) electrons. The van der Waals surface area contributed by atoms with Crippen molar-refractivity contribution in [3.05, 3.63) is 64.9 Å². The van der Waals surface area contributed by atoms with Gasteiger partial charge in [0.1, 0.15) is 5.58 Å². The van der Waals surface area contributed by atoms with E-state index in [0.717, 1.165) is 27.0 Å². The number of benzene rings is 2. The van der Waals surface area contributed by atoms with E-state index in [1.54, 1.807) is 6.26 Å². The van der Waals surface area contributed by atoms with E-state index in [0.29, 0.717) is 6.42 Å². The fourth-order valence-electron chi connectivity index (χ4n) is 2.45. The molecule has 0 amide bonds. The number of rotatable bonds is 3. The average Bonchev–Trinajstić information content (AvgIpc) is 2.89. The first kappa shape index (κ1) is 14.9. The van der Waals surface area contributed by atoms with Crippen LogP contribution in [-0.4, -0.2) is 5.12 Å². The van der Waals surface area contributed by atoms with Crippen molar-refractivity contribution >= 4 is 27.8 Å². The Morgan fingerprint density at radius 2 is 1.77 bits per heavy atom. The molecule has 1 aromatic heterocycles. The van der Waals surface area contributed by atoms with Gasteiger partial charge in [-0.3, -0.25) is 4.79 Å². The van der Waals surface area contributed by atoms with Crippen LogP contribution in [0.2, 0.25) is 0 Å². The van der Waals surface area contributed by atoms with Crippen LogP contribution in [0.25, 0.3) is 11.0 Å². The largest absolute Gasteiger partial charge is 0.464 e. The number of hydrogen-bond donors (Lipinski definition) is 0. The van der Waals surface area contributed by atoms with E-state index in [1.165, 1.54) is 22.9 Å². The van der Waals surface area contributed by atoms with Gasteiger partial charge in [-0.2, -0.15) is 0 Å². The van der Waals surface area contributed by atoms with Crippen LogP contribution < -0.4 is 0 Å². The highest BCUT2D eigenvalue weighted by Crippen LogP contribution is 2.29. The molecule has 0 saturated carbocycles. The van der Waals surface area contributed by atoms with Crippen molar-refractivity contribution in [2.75, 3.05) is 0 Å². The number of furan rings is 1. The summed E-state index contributed by atoms with van der Waals surface area (Å²) in [5, 5.41) is 1.17. The van der Waals surface area contributed by atoms with Gasteiger partial charge in [-0.1, -0.05) is 41.6 Å². The zero-order valence-electron chi connectivity index (χ0n) is 13.0. The van der Waals surface area contributed by atoms with E-state index in [9.17, 15) is 4.79 Å². The summed E-state index contributed by atoms with van der Waals surface area (Å²) < 4.78 is 5.67. The third kappa shape index (κ3) is 2.95. The first-order chi connectivity index (χ1) is 10.5. The molecule has 0 saturated heterocycles. The lowest BCUT2D eigenvalue weighted by Crippen LogP contribution is -1.96. The molecule has 0 N–H and O–H groups in total. The molecule has 3 aromatic rings. The van der Waals surface area contributed by atoms with E-state index in [1.807, 2.05) is 44.2 Å². The minimum Gasteiger partial charge on any atom is -0.464 e. The molecule has 0 unspecified atom stereocenters. The van der Waals surface area contributed by atoms with Gasteiger partial charge in [-0.05, 0) is 44.0 Å². The van der Waals surface area contributed by atoms with E-state index in [2.05, 4.69) is 13.0 Å². The van der Waals surface area contributed by atoms with Crippen LogP contribution in [-0.2, 0) is 11.2 Å². The summed E-state index contributed by atoms with van der Waals surface area (Å²) in [5.74, 6) is 0. The second-order valence-corrected chi connectivity index (χ2v) is 6.74. The smallest absolute Gasteiger partial charge is 0.198 e. The number of carbonyl (C=O) groups excluding carboxylic acids is 1. The Morgan fingerprint density at radius 1 is 1.05 bits per heavy atom. The highest BCUT2D eigenvalue weighted by Gasteiger charge is 2.13.